The van der Waals surface area contributed by atoms with Crippen LogP contribution in [0.5, 0.6) is 5.75 Å². The molecule has 0 radical (unpaired) electrons. The van der Waals surface area contributed by atoms with Crippen molar-refractivity contribution in [2.24, 2.45) is 5.73 Å². The zero-order valence-corrected chi connectivity index (χ0v) is 13.8. The fourth-order valence-electron chi connectivity index (χ4n) is 2.39. The fraction of sp³-hybridized carbons (Fsp3) is 0.667. The highest BCUT2D eigenvalue weighted by atomic mass is 16.5. The third-order valence-corrected chi connectivity index (χ3v) is 3.85. The topological polar surface area (TPSA) is 44.5 Å². The van der Waals surface area contributed by atoms with Gasteiger partial charge in [0.15, 0.2) is 0 Å². The first-order chi connectivity index (χ1) is 10.2. The zero-order chi connectivity index (χ0) is 15.5. The molecule has 2 atom stereocenters. The number of hydrogen-bond acceptors (Lipinski definition) is 3. The van der Waals surface area contributed by atoms with Gasteiger partial charge in [-0.15, -0.1) is 0 Å². The molecule has 0 aliphatic heterocycles. The van der Waals surface area contributed by atoms with Crippen LogP contribution in [0.3, 0.4) is 0 Å². The minimum absolute atomic E-state index is 0.0212. The van der Waals surface area contributed by atoms with E-state index in [1.807, 2.05) is 12.1 Å². The van der Waals surface area contributed by atoms with Crippen LogP contribution in [0.2, 0.25) is 0 Å². The van der Waals surface area contributed by atoms with E-state index in [9.17, 15) is 0 Å². The standard InChI is InChI=1S/C18H31NO2/c1-4-6-7-8-9-14-21-18(17(19)5-2)15-10-12-16(20-3)13-11-15/h10-13,17-18H,4-9,14,19H2,1-3H3. The Balaban J connectivity index is 2.51. The summed E-state index contributed by atoms with van der Waals surface area (Å²) in [5.41, 5.74) is 7.36. The summed E-state index contributed by atoms with van der Waals surface area (Å²) in [5, 5.41) is 0. The Hall–Kier alpha value is -1.06. The van der Waals surface area contributed by atoms with E-state index in [1.165, 1.54) is 25.7 Å². The molecular weight excluding hydrogens is 262 g/mol. The normalized spacial score (nSPS) is 13.9. The highest BCUT2D eigenvalue weighted by Gasteiger charge is 2.19. The van der Waals surface area contributed by atoms with Crippen LogP contribution in [0, 0.1) is 0 Å². The number of ether oxygens (including phenoxy) is 2. The van der Waals surface area contributed by atoms with E-state index in [1.54, 1.807) is 7.11 Å². The van der Waals surface area contributed by atoms with E-state index < -0.39 is 0 Å². The summed E-state index contributed by atoms with van der Waals surface area (Å²) in [5.74, 6) is 0.863. The van der Waals surface area contributed by atoms with Gasteiger partial charge in [0, 0.05) is 12.6 Å². The Bertz CT molecular complexity index is 364. The van der Waals surface area contributed by atoms with E-state index in [-0.39, 0.29) is 12.1 Å². The second-order valence-electron chi connectivity index (χ2n) is 5.55. The number of methoxy groups -OCH3 is 1. The lowest BCUT2D eigenvalue weighted by Crippen LogP contribution is -2.29. The average Bonchev–Trinajstić information content (AvgIpc) is 2.54. The van der Waals surface area contributed by atoms with Crippen molar-refractivity contribution >= 4 is 0 Å². The Labute approximate surface area is 129 Å². The molecule has 3 nitrogen and oxygen atoms in total. The zero-order valence-electron chi connectivity index (χ0n) is 13.8. The van der Waals surface area contributed by atoms with Crippen molar-refractivity contribution in [1.82, 2.24) is 0 Å². The van der Waals surface area contributed by atoms with Crippen LogP contribution in [0.4, 0.5) is 0 Å². The molecule has 2 N–H and O–H groups in total. The maximum Gasteiger partial charge on any atom is 0.118 e. The molecule has 2 unspecified atom stereocenters. The molecule has 0 saturated carbocycles. The van der Waals surface area contributed by atoms with Gasteiger partial charge in [0.2, 0.25) is 0 Å². The molecule has 0 amide bonds. The van der Waals surface area contributed by atoms with Crippen LogP contribution >= 0.6 is 0 Å². The van der Waals surface area contributed by atoms with Gasteiger partial charge in [-0.25, -0.2) is 0 Å². The second kappa shape index (κ2) is 10.6. The Morgan fingerprint density at radius 2 is 1.67 bits per heavy atom. The SMILES string of the molecule is CCCCCCCOC(c1ccc(OC)cc1)C(N)CC. The first-order valence-corrected chi connectivity index (χ1v) is 8.24. The summed E-state index contributed by atoms with van der Waals surface area (Å²) in [6, 6.07) is 8.07. The molecule has 1 aromatic carbocycles. The van der Waals surface area contributed by atoms with Crippen LogP contribution in [-0.4, -0.2) is 19.8 Å². The van der Waals surface area contributed by atoms with Crippen molar-refractivity contribution in [3.05, 3.63) is 29.8 Å². The largest absolute Gasteiger partial charge is 0.497 e. The number of rotatable bonds is 11. The lowest BCUT2D eigenvalue weighted by atomic mass is 10.0. The molecule has 0 aliphatic carbocycles. The second-order valence-corrected chi connectivity index (χ2v) is 5.55. The van der Waals surface area contributed by atoms with Gasteiger partial charge in [0.25, 0.3) is 0 Å². The molecule has 0 spiro atoms. The van der Waals surface area contributed by atoms with E-state index in [0.717, 1.165) is 30.8 Å². The molecule has 1 aromatic rings. The molecule has 0 heterocycles. The van der Waals surface area contributed by atoms with Crippen LogP contribution in [0.15, 0.2) is 24.3 Å². The molecule has 0 aromatic heterocycles. The molecule has 1 rings (SSSR count). The van der Waals surface area contributed by atoms with E-state index in [2.05, 4.69) is 26.0 Å². The maximum atomic E-state index is 6.23. The van der Waals surface area contributed by atoms with Gasteiger partial charge in [0.05, 0.1) is 13.2 Å². The molecule has 0 aliphatic rings. The monoisotopic (exact) mass is 293 g/mol. The smallest absolute Gasteiger partial charge is 0.118 e. The van der Waals surface area contributed by atoms with Gasteiger partial charge in [-0.1, -0.05) is 51.7 Å². The first-order valence-electron chi connectivity index (χ1n) is 8.24. The summed E-state index contributed by atoms with van der Waals surface area (Å²) in [6.07, 6.45) is 7.13. The van der Waals surface area contributed by atoms with E-state index >= 15 is 0 Å². The summed E-state index contributed by atoms with van der Waals surface area (Å²) < 4.78 is 11.3. The van der Waals surface area contributed by atoms with Gasteiger partial charge < -0.3 is 15.2 Å². The third-order valence-electron chi connectivity index (χ3n) is 3.85. The first kappa shape index (κ1) is 18.0. The summed E-state index contributed by atoms with van der Waals surface area (Å²) >= 11 is 0. The van der Waals surface area contributed by atoms with E-state index in [4.69, 9.17) is 15.2 Å². The van der Waals surface area contributed by atoms with Crippen LogP contribution in [0.25, 0.3) is 0 Å². The predicted molar refractivity (Wildman–Crippen MR) is 88.7 cm³/mol. The van der Waals surface area contributed by atoms with Gasteiger partial charge in [-0.2, -0.15) is 0 Å². The number of benzene rings is 1. The van der Waals surface area contributed by atoms with Crippen molar-refractivity contribution in [2.75, 3.05) is 13.7 Å². The third kappa shape index (κ3) is 6.49. The van der Waals surface area contributed by atoms with Gasteiger partial charge in [-0.3, -0.25) is 0 Å². The highest BCUT2D eigenvalue weighted by molar-refractivity contribution is 5.29. The van der Waals surface area contributed by atoms with Gasteiger partial charge in [0.1, 0.15) is 5.75 Å². The Kier molecular flexibility index (Phi) is 9.11. The average molecular weight is 293 g/mol. The summed E-state index contributed by atoms with van der Waals surface area (Å²) in [6.45, 7) is 5.12. The van der Waals surface area contributed by atoms with Crippen molar-refractivity contribution < 1.29 is 9.47 Å². The number of nitrogens with two attached hydrogens (primary N) is 1. The lowest BCUT2D eigenvalue weighted by molar-refractivity contribution is 0.0311. The summed E-state index contributed by atoms with van der Waals surface area (Å²) in [7, 11) is 1.68. The van der Waals surface area contributed by atoms with E-state index in [0.29, 0.717) is 0 Å². The molecule has 120 valence electrons. The summed E-state index contributed by atoms with van der Waals surface area (Å²) in [4.78, 5) is 0. The minimum Gasteiger partial charge on any atom is -0.497 e. The lowest BCUT2D eigenvalue weighted by Gasteiger charge is -2.24. The highest BCUT2D eigenvalue weighted by Crippen LogP contribution is 2.24. The predicted octanol–water partition coefficient (Wildman–Crippen LogP) is 4.46. The van der Waals surface area contributed by atoms with Crippen molar-refractivity contribution in [3.8, 4) is 5.75 Å². The molecular formula is C18H31NO2. The molecule has 21 heavy (non-hydrogen) atoms. The van der Waals surface area contributed by atoms with Crippen molar-refractivity contribution in [3.63, 3.8) is 0 Å². The van der Waals surface area contributed by atoms with Crippen LogP contribution in [-0.2, 0) is 4.74 Å². The van der Waals surface area contributed by atoms with Gasteiger partial charge >= 0.3 is 0 Å². The minimum atomic E-state index is -0.0212. The Morgan fingerprint density at radius 3 is 2.24 bits per heavy atom. The number of unbranched alkanes of at least 4 members (excludes halogenated alkanes) is 4. The van der Waals surface area contributed by atoms with Crippen molar-refractivity contribution in [1.29, 1.82) is 0 Å². The maximum absolute atomic E-state index is 6.23. The van der Waals surface area contributed by atoms with Crippen LogP contribution < -0.4 is 10.5 Å². The van der Waals surface area contributed by atoms with Crippen molar-refractivity contribution in [2.45, 2.75) is 64.5 Å². The van der Waals surface area contributed by atoms with Gasteiger partial charge in [-0.05, 0) is 30.5 Å². The van der Waals surface area contributed by atoms with Crippen LogP contribution in [0.1, 0.15) is 64.0 Å². The Morgan fingerprint density at radius 1 is 1.00 bits per heavy atom. The molecule has 0 fully saturated rings. The molecule has 3 heteroatoms. The molecule has 0 saturated heterocycles. The molecule has 0 bridgehead atoms. The quantitative estimate of drug-likeness (QED) is 0.613. The number of hydrogen-bond donors (Lipinski definition) is 1. The fourth-order valence-corrected chi connectivity index (χ4v) is 2.39.